The Kier molecular flexibility index (Phi) is 7.66. The number of hydrogen-bond acceptors (Lipinski definition) is 6. The van der Waals surface area contributed by atoms with Gasteiger partial charge in [0.25, 0.3) is 0 Å². The number of aliphatic hydroxyl groups excluding tert-OH is 1. The summed E-state index contributed by atoms with van der Waals surface area (Å²) in [7, 11) is 1.58. The van der Waals surface area contributed by atoms with Gasteiger partial charge in [0.15, 0.2) is 11.6 Å². The number of ether oxygens (including phenoxy) is 1. The summed E-state index contributed by atoms with van der Waals surface area (Å²) in [6, 6.07) is 10.6. The predicted octanol–water partition coefficient (Wildman–Crippen LogP) is 3.25. The molecule has 0 saturated carbocycles. The lowest BCUT2D eigenvalue weighted by molar-refractivity contribution is -0.118. The molecule has 2 aromatic carbocycles. The lowest BCUT2D eigenvalue weighted by Crippen LogP contribution is -2.47. The van der Waals surface area contributed by atoms with Gasteiger partial charge in [-0.15, -0.1) is 0 Å². The maximum absolute atomic E-state index is 13.5. The molecule has 0 bridgehead atoms. The van der Waals surface area contributed by atoms with Crippen LogP contribution in [-0.2, 0) is 4.79 Å². The van der Waals surface area contributed by atoms with Gasteiger partial charge in [0.05, 0.1) is 25.3 Å². The van der Waals surface area contributed by atoms with E-state index in [1.807, 2.05) is 23.1 Å². The Labute approximate surface area is 196 Å². The van der Waals surface area contributed by atoms with Gasteiger partial charge >= 0.3 is 0 Å². The first kappa shape index (κ1) is 24.0. The molecule has 3 aromatic rings. The van der Waals surface area contributed by atoms with Crippen LogP contribution in [-0.4, -0.2) is 60.2 Å². The molecule has 0 radical (unpaired) electrons. The number of pyridine rings is 1. The van der Waals surface area contributed by atoms with Crippen molar-refractivity contribution in [1.29, 1.82) is 0 Å². The SMILES string of the molecule is COc1ccc2nccc([C@@H](O)CN(CC(=O)Nc3ccc(F)c(F)c3)C3CCNCC3)c2c1. The molecule has 1 aromatic heterocycles. The number of carbonyl (C=O) groups is 1. The summed E-state index contributed by atoms with van der Waals surface area (Å²) in [6.45, 7) is 1.87. The third kappa shape index (κ3) is 5.67. The van der Waals surface area contributed by atoms with Gasteiger partial charge in [-0.1, -0.05) is 0 Å². The second kappa shape index (κ2) is 10.9. The Balaban J connectivity index is 1.53. The minimum Gasteiger partial charge on any atom is -0.497 e. The van der Waals surface area contributed by atoms with E-state index in [0.717, 1.165) is 49.0 Å². The number of halogens is 2. The molecule has 1 amide bonds. The summed E-state index contributed by atoms with van der Waals surface area (Å²) in [4.78, 5) is 19.1. The highest BCUT2D eigenvalue weighted by Gasteiger charge is 2.26. The zero-order chi connectivity index (χ0) is 24.1. The van der Waals surface area contributed by atoms with E-state index in [2.05, 4.69) is 15.6 Å². The Bertz CT molecular complexity index is 1150. The average Bonchev–Trinajstić information content (AvgIpc) is 2.85. The molecule has 1 saturated heterocycles. The van der Waals surface area contributed by atoms with Gasteiger partial charge in [0, 0.05) is 35.9 Å². The lowest BCUT2D eigenvalue weighted by atomic mass is 10.0. The highest BCUT2D eigenvalue weighted by Crippen LogP contribution is 2.28. The summed E-state index contributed by atoms with van der Waals surface area (Å²) in [5.41, 5.74) is 1.62. The van der Waals surface area contributed by atoms with Gasteiger partial charge in [-0.25, -0.2) is 8.78 Å². The number of amides is 1. The number of aliphatic hydroxyl groups is 1. The first-order valence-corrected chi connectivity index (χ1v) is 11.2. The number of fused-ring (bicyclic) bond motifs is 1. The van der Waals surface area contributed by atoms with Crippen molar-refractivity contribution in [2.24, 2.45) is 0 Å². The highest BCUT2D eigenvalue weighted by atomic mass is 19.2. The molecule has 0 spiro atoms. The molecule has 1 fully saturated rings. The van der Waals surface area contributed by atoms with E-state index in [1.54, 1.807) is 19.4 Å². The van der Waals surface area contributed by atoms with Crippen molar-refractivity contribution in [3.8, 4) is 5.75 Å². The zero-order valence-electron chi connectivity index (χ0n) is 18.9. The van der Waals surface area contributed by atoms with E-state index >= 15 is 0 Å². The third-order valence-electron chi connectivity index (χ3n) is 6.12. The minimum absolute atomic E-state index is 0.00700. The summed E-state index contributed by atoms with van der Waals surface area (Å²) < 4.78 is 32.1. The van der Waals surface area contributed by atoms with Crippen LogP contribution >= 0.6 is 0 Å². The molecule has 1 aliphatic heterocycles. The maximum atomic E-state index is 13.5. The first-order valence-electron chi connectivity index (χ1n) is 11.2. The van der Waals surface area contributed by atoms with Crippen LogP contribution in [0.2, 0.25) is 0 Å². The van der Waals surface area contributed by atoms with E-state index in [-0.39, 0.29) is 30.7 Å². The molecule has 1 atom stereocenters. The van der Waals surface area contributed by atoms with Gasteiger partial charge < -0.3 is 20.5 Å². The molecular weight excluding hydrogens is 442 g/mol. The smallest absolute Gasteiger partial charge is 0.238 e. The maximum Gasteiger partial charge on any atom is 0.238 e. The average molecular weight is 471 g/mol. The molecular formula is C25H28F2N4O3. The van der Waals surface area contributed by atoms with Crippen LogP contribution in [0.4, 0.5) is 14.5 Å². The normalized spacial score (nSPS) is 15.4. The fraction of sp³-hybridized carbons (Fsp3) is 0.360. The second-order valence-corrected chi connectivity index (χ2v) is 8.39. The number of anilines is 1. The Morgan fingerprint density at radius 2 is 2.00 bits per heavy atom. The molecule has 2 heterocycles. The Hall–Kier alpha value is -3.14. The van der Waals surface area contributed by atoms with Crippen LogP contribution in [0.1, 0.15) is 24.5 Å². The van der Waals surface area contributed by atoms with Crippen molar-refractivity contribution in [1.82, 2.24) is 15.2 Å². The van der Waals surface area contributed by atoms with E-state index < -0.39 is 17.7 Å². The Morgan fingerprint density at radius 1 is 1.21 bits per heavy atom. The summed E-state index contributed by atoms with van der Waals surface area (Å²) >= 11 is 0. The topological polar surface area (TPSA) is 86.7 Å². The molecule has 0 aliphatic carbocycles. The fourth-order valence-corrected chi connectivity index (χ4v) is 4.36. The number of hydrogen-bond donors (Lipinski definition) is 3. The molecule has 3 N–H and O–H groups in total. The van der Waals surface area contributed by atoms with Gasteiger partial charge in [0.2, 0.25) is 5.91 Å². The number of nitrogens with one attached hydrogen (secondary N) is 2. The molecule has 7 nitrogen and oxygen atoms in total. The first-order chi connectivity index (χ1) is 16.4. The van der Waals surface area contributed by atoms with Gasteiger partial charge in [0.1, 0.15) is 5.75 Å². The van der Waals surface area contributed by atoms with E-state index in [0.29, 0.717) is 11.3 Å². The molecule has 4 rings (SSSR count). The number of nitrogens with zero attached hydrogens (tertiary/aromatic N) is 2. The number of rotatable bonds is 8. The summed E-state index contributed by atoms with van der Waals surface area (Å²) in [6.07, 6.45) is 2.44. The minimum atomic E-state index is -1.02. The highest BCUT2D eigenvalue weighted by molar-refractivity contribution is 5.92. The van der Waals surface area contributed by atoms with Crippen molar-refractivity contribution in [3.63, 3.8) is 0 Å². The van der Waals surface area contributed by atoms with Crippen molar-refractivity contribution in [2.45, 2.75) is 25.0 Å². The van der Waals surface area contributed by atoms with Crippen LogP contribution in [0, 0.1) is 11.6 Å². The standard InChI is InChI=1S/C25H28F2N4O3/c1-34-18-3-5-23-20(13-18)19(8-11-29-23)24(32)14-31(17-6-9-28-10-7-17)15-25(33)30-16-2-4-21(26)22(27)12-16/h2-5,8,11-13,17,24,28,32H,6-7,9-10,14-15H2,1H3,(H,30,33)/t24-/m0/s1. The van der Waals surface area contributed by atoms with Gasteiger partial charge in [-0.05, 0) is 67.9 Å². The number of piperidine rings is 1. The van der Waals surface area contributed by atoms with Crippen LogP contribution in [0.3, 0.4) is 0 Å². The van der Waals surface area contributed by atoms with Crippen molar-refractivity contribution in [3.05, 3.63) is 65.9 Å². The molecule has 1 aliphatic rings. The van der Waals surface area contributed by atoms with E-state index in [9.17, 15) is 18.7 Å². The Morgan fingerprint density at radius 3 is 2.74 bits per heavy atom. The number of aromatic nitrogens is 1. The summed E-state index contributed by atoms with van der Waals surface area (Å²) in [5.74, 6) is -1.70. The number of benzene rings is 2. The summed E-state index contributed by atoms with van der Waals surface area (Å²) in [5, 5.41) is 17.9. The van der Waals surface area contributed by atoms with Crippen LogP contribution in [0.5, 0.6) is 5.75 Å². The molecule has 180 valence electrons. The number of carbonyl (C=O) groups excluding carboxylic acids is 1. The third-order valence-corrected chi connectivity index (χ3v) is 6.12. The second-order valence-electron chi connectivity index (χ2n) is 8.39. The van der Waals surface area contributed by atoms with Crippen molar-refractivity contribution in [2.75, 3.05) is 38.6 Å². The van der Waals surface area contributed by atoms with E-state index in [4.69, 9.17) is 4.74 Å². The van der Waals surface area contributed by atoms with Crippen LogP contribution < -0.4 is 15.4 Å². The van der Waals surface area contributed by atoms with Crippen LogP contribution in [0.15, 0.2) is 48.7 Å². The monoisotopic (exact) mass is 470 g/mol. The zero-order valence-corrected chi connectivity index (χ0v) is 18.9. The van der Waals surface area contributed by atoms with E-state index in [1.165, 1.54) is 6.07 Å². The van der Waals surface area contributed by atoms with Gasteiger partial charge in [-0.3, -0.25) is 14.7 Å². The van der Waals surface area contributed by atoms with Gasteiger partial charge in [-0.2, -0.15) is 0 Å². The lowest BCUT2D eigenvalue weighted by Gasteiger charge is -2.35. The predicted molar refractivity (Wildman–Crippen MR) is 126 cm³/mol. The quantitative estimate of drug-likeness (QED) is 0.469. The fourth-order valence-electron chi connectivity index (χ4n) is 4.36. The molecule has 0 unspecified atom stereocenters. The van der Waals surface area contributed by atoms with Crippen molar-refractivity contribution >= 4 is 22.5 Å². The number of methoxy groups -OCH3 is 1. The van der Waals surface area contributed by atoms with Crippen molar-refractivity contribution < 1.29 is 23.4 Å². The van der Waals surface area contributed by atoms with Crippen LogP contribution in [0.25, 0.3) is 10.9 Å². The molecule has 9 heteroatoms. The largest absolute Gasteiger partial charge is 0.497 e. The molecule has 34 heavy (non-hydrogen) atoms.